The number of likely N-dealkylation sites (N-methyl/N-ethyl adjacent to an activating group) is 1. The van der Waals surface area contributed by atoms with Crippen LogP contribution in [0.2, 0.25) is 0 Å². The maximum Gasteiger partial charge on any atom is 0.225 e. The van der Waals surface area contributed by atoms with Gasteiger partial charge < -0.3 is 15.0 Å². The molecule has 18 heavy (non-hydrogen) atoms. The highest BCUT2D eigenvalue weighted by molar-refractivity contribution is 5.78. The first-order chi connectivity index (χ1) is 8.77. The molecule has 0 aromatic carbocycles. The normalized spacial score (nSPS) is 22.9. The predicted octanol–water partition coefficient (Wildman–Crippen LogP) is -0.223. The molecule has 1 N–H and O–H groups in total. The van der Waals surface area contributed by atoms with E-state index in [1.54, 1.807) is 0 Å². The summed E-state index contributed by atoms with van der Waals surface area (Å²) in [4.78, 5) is 16.5. The summed E-state index contributed by atoms with van der Waals surface area (Å²) in [6, 6.07) is 0. The van der Waals surface area contributed by atoms with Crippen LogP contribution in [0.4, 0.5) is 0 Å². The maximum absolute atomic E-state index is 12.2. The zero-order chi connectivity index (χ0) is 12.8. The van der Waals surface area contributed by atoms with E-state index in [-0.39, 0.29) is 5.92 Å². The Morgan fingerprint density at radius 2 is 2.00 bits per heavy atom. The average Bonchev–Trinajstić information content (AvgIpc) is 2.46. The lowest BCUT2D eigenvalue weighted by atomic mass is 9.97. The lowest BCUT2D eigenvalue weighted by molar-refractivity contribution is -0.135. The van der Waals surface area contributed by atoms with Crippen molar-refractivity contribution in [3.63, 3.8) is 0 Å². The standard InChI is InChI=1S/C13H25N3O2/c1-15(6-7-16-8-10-18-11-9-16)13(17)12-2-4-14-5-3-12/h12,14H,2-11H2,1H3. The summed E-state index contributed by atoms with van der Waals surface area (Å²) in [5, 5.41) is 3.30. The van der Waals surface area contributed by atoms with E-state index in [4.69, 9.17) is 4.74 Å². The van der Waals surface area contributed by atoms with Gasteiger partial charge in [-0.1, -0.05) is 0 Å². The van der Waals surface area contributed by atoms with Crippen molar-refractivity contribution in [1.29, 1.82) is 0 Å². The minimum Gasteiger partial charge on any atom is -0.379 e. The molecule has 5 heteroatoms. The van der Waals surface area contributed by atoms with E-state index in [1.807, 2.05) is 11.9 Å². The number of ether oxygens (including phenoxy) is 1. The topological polar surface area (TPSA) is 44.8 Å². The Kier molecular flexibility index (Phi) is 5.41. The quantitative estimate of drug-likeness (QED) is 0.754. The van der Waals surface area contributed by atoms with Crippen LogP contribution in [-0.4, -0.2) is 75.2 Å². The molecule has 2 aliphatic rings. The third-order valence-electron chi connectivity index (χ3n) is 3.92. The summed E-state index contributed by atoms with van der Waals surface area (Å²) in [5.74, 6) is 0.561. The number of carbonyl (C=O) groups is 1. The van der Waals surface area contributed by atoms with Gasteiger partial charge in [0.15, 0.2) is 0 Å². The van der Waals surface area contributed by atoms with Gasteiger partial charge in [0.25, 0.3) is 0 Å². The Balaban J connectivity index is 1.69. The highest BCUT2D eigenvalue weighted by atomic mass is 16.5. The van der Waals surface area contributed by atoms with Crippen molar-refractivity contribution in [2.45, 2.75) is 12.8 Å². The van der Waals surface area contributed by atoms with Gasteiger partial charge in [-0.3, -0.25) is 9.69 Å². The van der Waals surface area contributed by atoms with E-state index in [9.17, 15) is 4.79 Å². The van der Waals surface area contributed by atoms with E-state index in [2.05, 4.69) is 10.2 Å². The molecule has 0 bridgehead atoms. The molecule has 2 fully saturated rings. The molecule has 0 spiro atoms. The van der Waals surface area contributed by atoms with E-state index in [0.717, 1.165) is 65.3 Å². The van der Waals surface area contributed by atoms with Gasteiger partial charge in [-0.15, -0.1) is 0 Å². The molecule has 0 aliphatic carbocycles. The third-order valence-corrected chi connectivity index (χ3v) is 3.92. The monoisotopic (exact) mass is 255 g/mol. The van der Waals surface area contributed by atoms with Crippen molar-refractivity contribution in [2.24, 2.45) is 5.92 Å². The minimum atomic E-state index is 0.237. The van der Waals surface area contributed by atoms with Gasteiger partial charge in [0, 0.05) is 39.1 Å². The highest BCUT2D eigenvalue weighted by Crippen LogP contribution is 2.14. The van der Waals surface area contributed by atoms with E-state index < -0.39 is 0 Å². The summed E-state index contributed by atoms with van der Waals surface area (Å²) in [7, 11) is 1.94. The Hall–Kier alpha value is -0.650. The van der Waals surface area contributed by atoms with E-state index in [1.165, 1.54) is 0 Å². The van der Waals surface area contributed by atoms with Crippen LogP contribution in [0.25, 0.3) is 0 Å². The lowest BCUT2D eigenvalue weighted by Crippen LogP contribution is -2.44. The Morgan fingerprint density at radius 3 is 2.67 bits per heavy atom. The van der Waals surface area contributed by atoms with Crippen molar-refractivity contribution < 1.29 is 9.53 Å². The first kappa shape index (κ1) is 13.8. The highest BCUT2D eigenvalue weighted by Gasteiger charge is 2.24. The Bertz CT molecular complexity index is 261. The molecular formula is C13H25N3O2. The van der Waals surface area contributed by atoms with Crippen LogP contribution in [-0.2, 0) is 9.53 Å². The zero-order valence-corrected chi connectivity index (χ0v) is 11.4. The van der Waals surface area contributed by atoms with Gasteiger partial charge in [0.2, 0.25) is 5.91 Å². The summed E-state index contributed by atoms with van der Waals surface area (Å²) in [6.45, 7) is 7.41. The fourth-order valence-corrected chi connectivity index (χ4v) is 2.61. The zero-order valence-electron chi connectivity index (χ0n) is 11.4. The molecule has 2 saturated heterocycles. The number of nitrogens with zero attached hydrogens (tertiary/aromatic N) is 2. The van der Waals surface area contributed by atoms with Gasteiger partial charge in [0.1, 0.15) is 0 Å². The number of hydrogen-bond donors (Lipinski definition) is 1. The number of nitrogens with one attached hydrogen (secondary N) is 1. The third kappa shape index (κ3) is 3.93. The van der Waals surface area contributed by atoms with Crippen molar-refractivity contribution in [2.75, 3.05) is 59.5 Å². The molecule has 0 atom stereocenters. The van der Waals surface area contributed by atoms with Crippen LogP contribution in [0, 0.1) is 5.92 Å². The van der Waals surface area contributed by atoms with Crippen LogP contribution in [0.5, 0.6) is 0 Å². The van der Waals surface area contributed by atoms with Crippen LogP contribution in [0.3, 0.4) is 0 Å². The fourth-order valence-electron chi connectivity index (χ4n) is 2.61. The van der Waals surface area contributed by atoms with Gasteiger partial charge in [-0.2, -0.15) is 0 Å². The maximum atomic E-state index is 12.2. The summed E-state index contributed by atoms with van der Waals surface area (Å²) in [5.41, 5.74) is 0. The molecular weight excluding hydrogens is 230 g/mol. The average molecular weight is 255 g/mol. The number of hydrogen-bond acceptors (Lipinski definition) is 4. The smallest absolute Gasteiger partial charge is 0.225 e. The molecule has 0 unspecified atom stereocenters. The molecule has 1 amide bonds. The second kappa shape index (κ2) is 7.07. The second-order valence-corrected chi connectivity index (χ2v) is 5.24. The van der Waals surface area contributed by atoms with E-state index >= 15 is 0 Å². The van der Waals surface area contributed by atoms with E-state index in [0.29, 0.717) is 5.91 Å². The Morgan fingerprint density at radius 1 is 1.33 bits per heavy atom. The first-order valence-corrected chi connectivity index (χ1v) is 7.03. The summed E-state index contributed by atoms with van der Waals surface area (Å²) < 4.78 is 5.32. The predicted molar refractivity (Wildman–Crippen MR) is 70.5 cm³/mol. The SMILES string of the molecule is CN(CCN1CCOCC1)C(=O)C1CCNCC1. The molecule has 0 aromatic heterocycles. The fraction of sp³-hybridized carbons (Fsp3) is 0.923. The molecule has 2 rings (SSSR count). The molecule has 5 nitrogen and oxygen atoms in total. The molecule has 2 heterocycles. The Labute approximate surface area is 109 Å². The number of carbonyl (C=O) groups excluding carboxylic acids is 1. The van der Waals surface area contributed by atoms with Gasteiger partial charge in [-0.25, -0.2) is 0 Å². The van der Waals surface area contributed by atoms with Crippen LogP contribution in [0.1, 0.15) is 12.8 Å². The minimum absolute atomic E-state index is 0.237. The van der Waals surface area contributed by atoms with Crippen molar-refractivity contribution in [3.05, 3.63) is 0 Å². The number of piperidine rings is 1. The largest absolute Gasteiger partial charge is 0.379 e. The molecule has 104 valence electrons. The number of morpholine rings is 1. The van der Waals surface area contributed by atoms with Gasteiger partial charge in [-0.05, 0) is 25.9 Å². The molecule has 0 radical (unpaired) electrons. The second-order valence-electron chi connectivity index (χ2n) is 5.24. The van der Waals surface area contributed by atoms with Crippen molar-refractivity contribution >= 4 is 5.91 Å². The van der Waals surface area contributed by atoms with Crippen molar-refractivity contribution in [3.8, 4) is 0 Å². The summed E-state index contributed by atoms with van der Waals surface area (Å²) >= 11 is 0. The van der Waals surface area contributed by atoms with Crippen LogP contribution in [0.15, 0.2) is 0 Å². The molecule has 0 saturated carbocycles. The molecule has 0 aromatic rings. The molecule has 2 aliphatic heterocycles. The number of amides is 1. The van der Waals surface area contributed by atoms with Gasteiger partial charge >= 0.3 is 0 Å². The van der Waals surface area contributed by atoms with Gasteiger partial charge in [0.05, 0.1) is 13.2 Å². The summed E-state index contributed by atoms with van der Waals surface area (Å²) in [6.07, 6.45) is 1.97. The van der Waals surface area contributed by atoms with Crippen LogP contribution >= 0.6 is 0 Å². The number of rotatable bonds is 4. The van der Waals surface area contributed by atoms with Crippen LogP contribution < -0.4 is 5.32 Å². The first-order valence-electron chi connectivity index (χ1n) is 7.03. The van der Waals surface area contributed by atoms with Crippen molar-refractivity contribution in [1.82, 2.24) is 15.1 Å². The lowest BCUT2D eigenvalue weighted by Gasteiger charge is -2.31.